The maximum Gasteiger partial charge on any atom is 0.0752 e. The standard InChI is InChI=1S/C13H27NO/c1-3-4-5-6-7-8-12(14)13-11(2)9-10-15-13/h11-13H,3-10,14H2,1-2H3. The number of ether oxygens (including phenoxy) is 1. The summed E-state index contributed by atoms with van der Waals surface area (Å²) in [6.07, 6.45) is 9.31. The molecule has 0 aromatic carbocycles. The molecule has 0 saturated carbocycles. The van der Waals surface area contributed by atoms with E-state index < -0.39 is 0 Å². The van der Waals surface area contributed by atoms with Crippen LogP contribution in [0.15, 0.2) is 0 Å². The number of hydrogen-bond donors (Lipinski definition) is 1. The van der Waals surface area contributed by atoms with Crippen molar-refractivity contribution in [1.82, 2.24) is 0 Å². The lowest BCUT2D eigenvalue weighted by atomic mass is 9.94. The SMILES string of the molecule is CCCCCCCC(N)C1OCCC1C. The van der Waals surface area contributed by atoms with E-state index in [4.69, 9.17) is 10.5 Å². The summed E-state index contributed by atoms with van der Waals surface area (Å²) in [4.78, 5) is 0. The second kappa shape index (κ2) is 7.24. The number of rotatable bonds is 7. The lowest BCUT2D eigenvalue weighted by Crippen LogP contribution is -2.37. The topological polar surface area (TPSA) is 35.2 Å². The number of unbranched alkanes of at least 4 members (excludes halogenated alkanes) is 4. The minimum absolute atomic E-state index is 0.268. The third-order valence-electron chi connectivity index (χ3n) is 3.51. The maximum absolute atomic E-state index is 6.16. The fourth-order valence-electron chi connectivity index (χ4n) is 2.41. The smallest absolute Gasteiger partial charge is 0.0752 e. The van der Waals surface area contributed by atoms with Gasteiger partial charge >= 0.3 is 0 Å². The average Bonchev–Trinajstić information content (AvgIpc) is 2.64. The van der Waals surface area contributed by atoms with Crippen LogP contribution in [0.3, 0.4) is 0 Å². The monoisotopic (exact) mass is 213 g/mol. The van der Waals surface area contributed by atoms with Gasteiger partial charge in [0.15, 0.2) is 0 Å². The minimum atomic E-state index is 0.268. The van der Waals surface area contributed by atoms with Crippen molar-refractivity contribution in [1.29, 1.82) is 0 Å². The lowest BCUT2D eigenvalue weighted by Gasteiger charge is -2.22. The van der Waals surface area contributed by atoms with Gasteiger partial charge in [-0.2, -0.15) is 0 Å². The first kappa shape index (κ1) is 13.0. The van der Waals surface area contributed by atoms with Gasteiger partial charge in [-0.15, -0.1) is 0 Å². The van der Waals surface area contributed by atoms with Gasteiger partial charge in [-0.1, -0.05) is 46.0 Å². The Morgan fingerprint density at radius 3 is 2.60 bits per heavy atom. The molecule has 0 radical (unpaired) electrons. The largest absolute Gasteiger partial charge is 0.376 e. The summed E-state index contributed by atoms with van der Waals surface area (Å²) in [5.74, 6) is 0.663. The molecule has 0 aromatic rings. The Morgan fingerprint density at radius 1 is 1.27 bits per heavy atom. The van der Waals surface area contributed by atoms with Gasteiger partial charge in [0.05, 0.1) is 6.10 Å². The fraction of sp³-hybridized carbons (Fsp3) is 1.00. The normalized spacial score (nSPS) is 28.2. The lowest BCUT2D eigenvalue weighted by molar-refractivity contribution is 0.0694. The van der Waals surface area contributed by atoms with E-state index in [0.717, 1.165) is 13.0 Å². The number of nitrogens with two attached hydrogens (primary N) is 1. The van der Waals surface area contributed by atoms with Gasteiger partial charge in [-0.05, 0) is 18.8 Å². The van der Waals surface area contributed by atoms with Crippen molar-refractivity contribution < 1.29 is 4.74 Å². The predicted octanol–water partition coefficient (Wildman–Crippen LogP) is 3.10. The van der Waals surface area contributed by atoms with Crippen molar-refractivity contribution >= 4 is 0 Å². The Hall–Kier alpha value is -0.0800. The Bertz CT molecular complexity index is 161. The molecular formula is C13H27NO. The van der Waals surface area contributed by atoms with Crippen LogP contribution in [0, 0.1) is 5.92 Å². The van der Waals surface area contributed by atoms with Gasteiger partial charge in [0.25, 0.3) is 0 Å². The molecule has 0 aliphatic carbocycles. The molecule has 1 aliphatic heterocycles. The summed E-state index contributed by atoms with van der Waals surface area (Å²) >= 11 is 0. The molecule has 0 spiro atoms. The van der Waals surface area contributed by atoms with E-state index in [9.17, 15) is 0 Å². The second-order valence-electron chi connectivity index (χ2n) is 4.97. The number of hydrogen-bond acceptors (Lipinski definition) is 2. The van der Waals surface area contributed by atoms with Crippen LogP contribution >= 0.6 is 0 Å². The van der Waals surface area contributed by atoms with Crippen LogP contribution < -0.4 is 5.73 Å². The molecule has 1 rings (SSSR count). The summed E-state index contributed by atoms with van der Waals surface area (Å²) in [5.41, 5.74) is 6.16. The fourth-order valence-corrected chi connectivity index (χ4v) is 2.41. The van der Waals surface area contributed by atoms with Crippen molar-refractivity contribution in [2.75, 3.05) is 6.61 Å². The van der Waals surface area contributed by atoms with Crippen molar-refractivity contribution in [2.45, 2.75) is 70.9 Å². The van der Waals surface area contributed by atoms with Gasteiger partial charge in [-0.3, -0.25) is 0 Å². The first-order valence-electron chi connectivity index (χ1n) is 6.63. The highest BCUT2D eigenvalue weighted by Gasteiger charge is 2.29. The van der Waals surface area contributed by atoms with E-state index in [-0.39, 0.29) is 6.04 Å². The van der Waals surface area contributed by atoms with E-state index in [0.29, 0.717) is 12.0 Å². The van der Waals surface area contributed by atoms with Crippen molar-refractivity contribution in [3.05, 3.63) is 0 Å². The summed E-state index contributed by atoms with van der Waals surface area (Å²) in [6.45, 7) is 5.42. The molecule has 0 amide bonds. The zero-order valence-electron chi connectivity index (χ0n) is 10.4. The van der Waals surface area contributed by atoms with Crippen LogP contribution in [0.2, 0.25) is 0 Å². The molecule has 90 valence electrons. The molecule has 2 heteroatoms. The third kappa shape index (κ3) is 4.52. The van der Waals surface area contributed by atoms with E-state index in [1.54, 1.807) is 0 Å². The Morgan fingerprint density at radius 2 is 2.00 bits per heavy atom. The molecule has 1 heterocycles. The predicted molar refractivity (Wildman–Crippen MR) is 64.9 cm³/mol. The first-order valence-corrected chi connectivity index (χ1v) is 6.63. The molecule has 0 bridgehead atoms. The average molecular weight is 213 g/mol. The molecule has 1 aliphatic rings. The van der Waals surface area contributed by atoms with E-state index in [1.165, 1.54) is 38.5 Å². The van der Waals surface area contributed by atoms with Crippen molar-refractivity contribution in [3.8, 4) is 0 Å². The van der Waals surface area contributed by atoms with E-state index in [1.807, 2.05) is 0 Å². The van der Waals surface area contributed by atoms with Crippen molar-refractivity contribution in [2.24, 2.45) is 11.7 Å². The van der Waals surface area contributed by atoms with Gasteiger partial charge in [0.2, 0.25) is 0 Å². The molecule has 3 unspecified atom stereocenters. The molecule has 0 aromatic heterocycles. The molecule has 2 N–H and O–H groups in total. The Balaban J connectivity index is 2.05. The third-order valence-corrected chi connectivity index (χ3v) is 3.51. The Labute approximate surface area is 94.6 Å². The summed E-state index contributed by atoms with van der Waals surface area (Å²) in [5, 5.41) is 0. The highest BCUT2D eigenvalue weighted by atomic mass is 16.5. The van der Waals surface area contributed by atoms with Crippen LogP contribution in [-0.4, -0.2) is 18.8 Å². The summed E-state index contributed by atoms with van der Waals surface area (Å²) < 4.78 is 5.68. The maximum atomic E-state index is 6.16. The highest BCUT2D eigenvalue weighted by Crippen LogP contribution is 2.24. The van der Waals surface area contributed by atoms with Gasteiger partial charge in [0, 0.05) is 12.6 Å². The minimum Gasteiger partial charge on any atom is -0.376 e. The first-order chi connectivity index (χ1) is 7.25. The summed E-state index contributed by atoms with van der Waals surface area (Å²) in [6, 6.07) is 0.268. The van der Waals surface area contributed by atoms with Crippen molar-refractivity contribution in [3.63, 3.8) is 0 Å². The van der Waals surface area contributed by atoms with E-state index in [2.05, 4.69) is 13.8 Å². The molecule has 3 atom stereocenters. The Kier molecular flexibility index (Phi) is 6.26. The van der Waals surface area contributed by atoms with Gasteiger partial charge < -0.3 is 10.5 Å². The second-order valence-corrected chi connectivity index (χ2v) is 4.97. The molecule has 1 saturated heterocycles. The quantitative estimate of drug-likeness (QED) is 0.660. The van der Waals surface area contributed by atoms with Crippen LogP contribution in [0.25, 0.3) is 0 Å². The highest BCUT2D eigenvalue weighted by molar-refractivity contribution is 4.82. The van der Waals surface area contributed by atoms with Gasteiger partial charge in [-0.25, -0.2) is 0 Å². The van der Waals surface area contributed by atoms with Crippen LogP contribution in [0.1, 0.15) is 58.8 Å². The molecule has 1 fully saturated rings. The zero-order chi connectivity index (χ0) is 11.1. The molecule has 2 nitrogen and oxygen atoms in total. The van der Waals surface area contributed by atoms with Crippen LogP contribution in [0.5, 0.6) is 0 Å². The van der Waals surface area contributed by atoms with Crippen LogP contribution in [0.4, 0.5) is 0 Å². The van der Waals surface area contributed by atoms with Crippen LogP contribution in [-0.2, 0) is 4.74 Å². The van der Waals surface area contributed by atoms with Gasteiger partial charge in [0.1, 0.15) is 0 Å². The zero-order valence-corrected chi connectivity index (χ0v) is 10.4. The van der Waals surface area contributed by atoms with E-state index >= 15 is 0 Å². The molecule has 15 heavy (non-hydrogen) atoms. The summed E-state index contributed by atoms with van der Waals surface area (Å²) in [7, 11) is 0. The molecular weight excluding hydrogens is 186 g/mol.